The number of nitrogens with one attached hydrogen (secondary N) is 2. The largest absolute Gasteiger partial charge is 0.478 e. The SMILES string of the molecule is O=C(NCc1cc(C(=O)O)ccn1)NCC1CCCCO1. The summed E-state index contributed by atoms with van der Waals surface area (Å²) in [7, 11) is 0. The Kier molecular flexibility index (Phi) is 5.51. The van der Waals surface area contributed by atoms with Crippen LogP contribution in [0.15, 0.2) is 18.3 Å². The highest BCUT2D eigenvalue weighted by atomic mass is 16.5. The van der Waals surface area contributed by atoms with Crippen molar-refractivity contribution >= 4 is 12.0 Å². The third kappa shape index (κ3) is 5.03. The molecule has 0 saturated carbocycles. The van der Waals surface area contributed by atoms with E-state index in [2.05, 4.69) is 15.6 Å². The zero-order chi connectivity index (χ0) is 15.1. The predicted octanol–water partition coefficient (Wildman–Crippen LogP) is 1.15. The van der Waals surface area contributed by atoms with Gasteiger partial charge in [-0.1, -0.05) is 0 Å². The van der Waals surface area contributed by atoms with Gasteiger partial charge >= 0.3 is 12.0 Å². The van der Waals surface area contributed by atoms with Crippen LogP contribution in [0, 0.1) is 0 Å². The number of carboxylic acid groups (broad SMARTS) is 1. The van der Waals surface area contributed by atoms with Crippen molar-refractivity contribution in [2.45, 2.75) is 31.9 Å². The van der Waals surface area contributed by atoms with E-state index in [9.17, 15) is 9.59 Å². The van der Waals surface area contributed by atoms with Gasteiger partial charge < -0.3 is 20.5 Å². The summed E-state index contributed by atoms with van der Waals surface area (Å²) in [6, 6.07) is 2.53. The van der Waals surface area contributed by atoms with Crippen molar-refractivity contribution in [3.63, 3.8) is 0 Å². The summed E-state index contributed by atoms with van der Waals surface area (Å²) in [5, 5.41) is 14.3. The zero-order valence-corrected chi connectivity index (χ0v) is 11.7. The fraction of sp³-hybridized carbons (Fsp3) is 0.500. The van der Waals surface area contributed by atoms with E-state index in [1.807, 2.05) is 0 Å². The minimum atomic E-state index is -1.02. The maximum Gasteiger partial charge on any atom is 0.335 e. The molecule has 0 aliphatic carbocycles. The maximum absolute atomic E-state index is 11.7. The molecule has 1 fully saturated rings. The quantitative estimate of drug-likeness (QED) is 0.756. The molecule has 21 heavy (non-hydrogen) atoms. The molecule has 0 aromatic carbocycles. The summed E-state index contributed by atoms with van der Waals surface area (Å²) in [6.45, 7) is 1.41. The van der Waals surface area contributed by atoms with Crippen LogP contribution in [0.1, 0.15) is 35.3 Å². The van der Waals surface area contributed by atoms with Gasteiger partial charge in [0, 0.05) is 19.3 Å². The van der Waals surface area contributed by atoms with Gasteiger partial charge in [0.25, 0.3) is 0 Å². The molecule has 0 spiro atoms. The number of rotatable bonds is 5. The molecule has 1 unspecified atom stereocenters. The summed E-state index contributed by atoms with van der Waals surface area (Å²) >= 11 is 0. The molecule has 1 aliphatic rings. The lowest BCUT2D eigenvalue weighted by Gasteiger charge is -2.22. The van der Waals surface area contributed by atoms with Gasteiger partial charge in [-0.25, -0.2) is 9.59 Å². The first-order valence-corrected chi connectivity index (χ1v) is 6.96. The van der Waals surface area contributed by atoms with Gasteiger partial charge in [-0.2, -0.15) is 0 Å². The lowest BCUT2D eigenvalue weighted by atomic mass is 10.1. The monoisotopic (exact) mass is 293 g/mol. The molecule has 1 saturated heterocycles. The number of hydrogen-bond acceptors (Lipinski definition) is 4. The molecule has 2 amide bonds. The van der Waals surface area contributed by atoms with Gasteiger partial charge in [0.1, 0.15) is 0 Å². The van der Waals surface area contributed by atoms with Crippen LogP contribution in [0.2, 0.25) is 0 Å². The molecule has 1 aromatic heterocycles. The van der Waals surface area contributed by atoms with Crippen molar-refractivity contribution in [3.05, 3.63) is 29.6 Å². The number of urea groups is 1. The number of hydrogen-bond donors (Lipinski definition) is 3. The third-order valence-corrected chi connectivity index (χ3v) is 3.26. The second-order valence-corrected chi connectivity index (χ2v) is 4.89. The number of carbonyl (C=O) groups excluding carboxylic acids is 1. The molecule has 1 aromatic rings. The van der Waals surface area contributed by atoms with Crippen LogP contribution in [0.3, 0.4) is 0 Å². The second kappa shape index (κ2) is 7.58. The number of nitrogens with zero attached hydrogens (tertiary/aromatic N) is 1. The van der Waals surface area contributed by atoms with Crippen molar-refractivity contribution in [3.8, 4) is 0 Å². The van der Waals surface area contributed by atoms with Gasteiger partial charge in [-0.05, 0) is 31.4 Å². The average Bonchev–Trinajstić information content (AvgIpc) is 2.52. The number of ether oxygens (including phenoxy) is 1. The highest BCUT2D eigenvalue weighted by molar-refractivity contribution is 5.87. The van der Waals surface area contributed by atoms with Gasteiger partial charge in [0.05, 0.1) is 23.9 Å². The number of carbonyl (C=O) groups is 2. The van der Waals surface area contributed by atoms with Crippen LogP contribution in [0.5, 0.6) is 0 Å². The van der Waals surface area contributed by atoms with Gasteiger partial charge in [0.2, 0.25) is 0 Å². The topological polar surface area (TPSA) is 101 Å². The minimum absolute atomic E-state index is 0.0814. The van der Waals surface area contributed by atoms with Crippen molar-refractivity contribution < 1.29 is 19.4 Å². The van der Waals surface area contributed by atoms with E-state index >= 15 is 0 Å². The van der Waals surface area contributed by atoms with Crippen molar-refractivity contribution in [2.24, 2.45) is 0 Å². The molecule has 3 N–H and O–H groups in total. The standard InChI is InChI=1S/C14H19N3O4/c18-13(19)10-4-5-15-11(7-10)8-16-14(20)17-9-12-3-1-2-6-21-12/h4-5,7,12H,1-3,6,8-9H2,(H,18,19)(H2,16,17,20). The van der Waals surface area contributed by atoms with E-state index in [-0.39, 0.29) is 24.2 Å². The lowest BCUT2D eigenvalue weighted by molar-refractivity contribution is 0.0184. The Bertz CT molecular complexity index is 501. The van der Waals surface area contributed by atoms with Gasteiger partial charge in [0.15, 0.2) is 0 Å². The highest BCUT2D eigenvalue weighted by Gasteiger charge is 2.14. The predicted molar refractivity (Wildman–Crippen MR) is 75.0 cm³/mol. The third-order valence-electron chi connectivity index (χ3n) is 3.26. The zero-order valence-electron chi connectivity index (χ0n) is 11.7. The summed E-state index contributed by atoms with van der Waals surface area (Å²) in [6.07, 6.45) is 4.66. The van der Waals surface area contributed by atoms with Gasteiger partial charge in [-0.3, -0.25) is 4.98 Å². The second-order valence-electron chi connectivity index (χ2n) is 4.89. The van der Waals surface area contributed by atoms with Gasteiger partial charge in [-0.15, -0.1) is 0 Å². The molecule has 1 aliphatic heterocycles. The summed E-state index contributed by atoms with van der Waals surface area (Å²) in [5.41, 5.74) is 0.650. The van der Waals surface area contributed by atoms with Crippen LogP contribution in [-0.2, 0) is 11.3 Å². The molecular weight excluding hydrogens is 274 g/mol. The number of amides is 2. The molecule has 0 radical (unpaired) electrons. The fourth-order valence-corrected chi connectivity index (χ4v) is 2.12. The number of aromatic nitrogens is 1. The Labute approximate surface area is 122 Å². The van der Waals surface area contributed by atoms with E-state index in [0.29, 0.717) is 12.2 Å². The molecule has 0 bridgehead atoms. The summed E-state index contributed by atoms with van der Waals surface area (Å²) in [5.74, 6) is -1.02. The number of pyridine rings is 1. The minimum Gasteiger partial charge on any atom is -0.478 e. The Morgan fingerprint density at radius 2 is 2.24 bits per heavy atom. The van der Waals surface area contributed by atoms with Crippen LogP contribution < -0.4 is 10.6 Å². The van der Waals surface area contributed by atoms with E-state index < -0.39 is 5.97 Å². The maximum atomic E-state index is 11.7. The lowest BCUT2D eigenvalue weighted by Crippen LogP contribution is -2.41. The first-order valence-electron chi connectivity index (χ1n) is 6.96. The molecule has 7 heteroatoms. The fourth-order valence-electron chi connectivity index (χ4n) is 2.12. The molecule has 1 atom stereocenters. The smallest absolute Gasteiger partial charge is 0.335 e. The molecule has 2 rings (SSSR count). The van der Waals surface area contributed by atoms with Crippen LogP contribution in [-0.4, -0.2) is 41.3 Å². The Morgan fingerprint density at radius 1 is 1.38 bits per heavy atom. The van der Waals surface area contributed by atoms with Crippen LogP contribution in [0.4, 0.5) is 4.79 Å². The van der Waals surface area contributed by atoms with Crippen molar-refractivity contribution in [1.82, 2.24) is 15.6 Å². The highest BCUT2D eigenvalue weighted by Crippen LogP contribution is 2.11. The van der Waals surface area contributed by atoms with E-state index in [1.165, 1.54) is 18.3 Å². The van der Waals surface area contributed by atoms with E-state index in [4.69, 9.17) is 9.84 Å². The van der Waals surface area contributed by atoms with Crippen LogP contribution in [0.25, 0.3) is 0 Å². The summed E-state index contributed by atoms with van der Waals surface area (Å²) < 4.78 is 5.51. The summed E-state index contributed by atoms with van der Waals surface area (Å²) in [4.78, 5) is 26.5. The Hall–Kier alpha value is -2.15. The van der Waals surface area contributed by atoms with E-state index in [1.54, 1.807) is 0 Å². The number of carboxylic acids is 1. The van der Waals surface area contributed by atoms with E-state index in [0.717, 1.165) is 25.9 Å². The Morgan fingerprint density at radius 3 is 2.95 bits per heavy atom. The molecule has 7 nitrogen and oxygen atoms in total. The molecular formula is C14H19N3O4. The molecule has 114 valence electrons. The molecule has 2 heterocycles. The van der Waals surface area contributed by atoms with Crippen molar-refractivity contribution in [1.29, 1.82) is 0 Å². The first kappa shape index (κ1) is 15.2. The Balaban J connectivity index is 1.73. The van der Waals surface area contributed by atoms with Crippen molar-refractivity contribution in [2.75, 3.05) is 13.2 Å². The average molecular weight is 293 g/mol. The first-order chi connectivity index (χ1) is 10.1. The number of aromatic carboxylic acids is 1. The normalized spacial score (nSPS) is 18.0. The van der Waals surface area contributed by atoms with Crippen LogP contribution >= 0.6 is 0 Å².